The molecule has 3 aromatic rings. The SMILES string of the molecule is N=C(N)c1cccnc1Sc1ncnc2ccccc12. The van der Waals surface area contributed by atoms with Crippen LogP contribution in [0.5, 0.6) is 0 Å². The first kappa shape index (κ1) is 12.6. The molecule has 0 atom stereocenters. The average Bonchev–Trinajstić information content (AvgIpc) is 2.48. The topological polar surface area (TPSA) is 88.5 Å². The van der Waals surface area contributed by atoms with Crippen LogP contribution < -0.4 is 5.73 Å². The summed E-state index contributed by atoms with van der Waals surface area (Å²) in [6.07, 6.45) is 3.21. The Labute approximate surface area is 119 Å². The van der Waals surface area contributed by atoms with Gasteiger partial charge in [0.2, 0.25) is 0 Å². The quantitative estimate of drug-likeness (QED) is 0.437. The summed E-state index contributed by atoms with van der Waals surface area (Å²) in [7, 11) is 0. The number of benzene rings is 1. The number of rotatable bonds is 3. The zero-order valence-electron chi connectivity index (χ0n) is 10.4. The van der Waals surface area contributed by atoms with Crippen molar-refractivity contribution in [2.24, 2.45) is 5.73 Å². The van der Waals surface area contributed by atoms with E-state index in [1.807, 2.05) is 24.3 Å². The first-order valence-electron chi connectivity index (χ1n) is 5.93. The molecule has 20 heavy (non-hydrogen) atoms. The molecule has 5 nitrogen and oxygen atoms in total. The first-order chi connectivity index (χ1) is 9.75. The van der Waals surface area contributed by atoms with Gasteiger partial charge in [-0.15, -0.1) is 0 Å². The molecule has 0 spiro atoms. The summed E-state index contributed by atoms with van der Waals surface area (Å²) in [5.41, 5.74) is 7.07. The number of nitrogens with two attached hydrogens (primary N) is 1. The maximum absolute atomic E-state index is 7.60. The molecule has 0 amide bonds. The highest BCUT2D eigenvalue weighted by Crippen LogP contribution is 2.31. The van der Waals surface area contributed by atoms with Gasteiger partial charge in [-0.3, -0.25) is 5.41 Å². The molecule has 3 rings (SSSR count). The van der Waals surface area contributed by atoms with E-state index in [0.29, 0.717) is 10.6 Å². The van der Waals surface area contributed by atoms with Crippen LogP contribution in [-0.4, -0.2) is 20.8 Å². The van der Waals surface area contributed by atoms with Crippen molar-refractivity contribution in [3.05, 3.63) is 54.5 Å². The van der Waals surface area contributed by atoms with Gasteiger partial charge in [0, 0.05) is 17.1 Å². The molecule has 2 heterocycles. The van der Waals surface area contributed by atoms with Gasteiger partial charge in [0.05, 0.1) is 5.52 Å². The second-order valence-corrected chi connectivity index (χ2v) is 5.05. The van der Waals surface area contributed by atoms with Crippen LogP contribution >= 0.6 is 11.8 Å². The highest BCUT2D eigenvalue weighted by molar-refractivity contribution is 7.99. The number of amidine groups is 1. The van der Waals surface area contributed by atoms with E-state index in [-0.39, 0.29) is 5.84 Å². The van der Waals surface area contributed by atoms with E-state index in [0.717, 1.165) is 15.9 Å². The third-order valence-corrected chi connectivity index (χ3v) is 3.80. The van der Waals surface area contributed by atoms with Gasteiger partial charge in [0.1, 0.15) is 22.2 Å². The normalized spacial score (nSPS) is 10.6. The summed E-state index contributed by atoms with van der Waals surface area (Å²) in [4.78, 5) is 12.8. The zero-order chi connectivity index (χ0) is 13.9. The van der Waals surface area contributed by atoms with Crippen LogP contribution in [0.25, 0.3) is 10.9 Å². The monoisotopic (exact) mass is 281 g/mol. The molecule has 2 aromatic heterocycles. The van der Waals surface area contributed by atoms with Crippen LogP contribution in [0.3, 0.4) is 0 Å². The van der Waals surface area contributed by atoms with Crippen molar-refractivity contribution in [3.8, 4) is 0 Å². The smallest absolute Gasteiger partial charge is 0.125 e. The maximum atomic E-state index is 7.60. The fourth-order valence-corrected chi connectivity index (χ4v) is 2.80. The molecular formula is C14H11N5S. The van der Waals surface area contributed by atoms with Crippen molar-refractivity contribution in [2.75, 3.05) is 0 Å². The van der Waals surface area contributed by atoms with Crippen LogP contribution in [0, 0.1) is 5.41 Å². The van der Waals surface area contributed by atoms with Crippen LogP contribution in [0.15, 0.2) is 59.0 Å². The summed E-state index contributed by atoms with van der Waals surface area (Å²) in [5, 5.41) is 10.0. The molecular weight excluding hydrogens is 270 g/mol. The maximum Gasteiger partial charge on any atom is 0.125 e. The molecule has 1 aromatic carbocycles. The molecule has 3 N–H and O–H groups in total. The highest BCUT2D eigenvalue weighted by Gasteiger charge is 2.11. The molecule has 0 saturated carbocycles. The van der Waals surface area contributed by atoms with Gasteiger partial charge in [0.25, 0.3) is 0 Å². The van der Waals surface area contributed by atoms with Gasteiger partial charge < -0.3 is 5.73 Å². The van der Waals surface area contributed by atoms with Gasteiger partial charge in [-0.05, 0) is 30.0 Å². The highest BCUT2D eigenvalue weighted by atomic mass is 32.2. The first-order valence-corrected chi connectivity index (χ1v) is 6.74. The van der Waals surface area contributed by atoms with Crippen LogP contribution in [0.4, 0.5) is 0 Å². The fourth-order valence-electron chi connectivity index (χ4n) is 1.83. The third kappa shape index (κ3) is 2.33. The Kier molecular flexibility index (Phi) is 3.30. The Morgan fingerprint density at radius 3 is 2.70 bits per heavy atom. The number of nitrogen functional groups attached to an aromatic ring is 1. The zero-order valence-corrected chi connectivity index (χ0v) is 11.3. The van der Waals surface area contributed by atoms with Gasteiger partial charge in [0.15, 0.2) is 0 Å². The molecule has 6 heteroatoms. The predicted octanol–water partition coefficient (Wildman–Crippen LogP) is 2.46. The minimum Gasteiger partial charge on any atom is -0.384 e. The van der Waals surface area contributed by atoms with Gasteiger partial charge in [-0.25, -0.2) is 15.0 Å². The van der Waals surface area contributed by atoms with Crippen molar-refractivity contribution in [1.82, 2.24) is 15.0 Å². The van der Waals surface area contributed by atoms with Crippen molar-refractivity contribution in [1.29, 1.82) is 5.41 Å². The lowest BCUT2D eigenvalue weighted by atomic mass is 10.2. The van der Waals surface area contributed by atoms with E-state index in [1.165, 1.54) is 18.1 Å². The molecule has 0 radical (unpaired) electrons. The number of hydrogen-bond acceptors (Lipinski definition) is 5. The molecule has 0 unspecified atom stereocenters. The lowest BCUT2D eigenvalue weighted by Crippen LogP contribution is -2.12. The minimum absolute atomic E-state index is 0.000961. The van der Waals surface area contributed by atoms with Crippen molar-refractivity contribution >= 4 is 28.5 Å². The predicted molar refractivity (Wildman–Crippen MR) is 78.9 cm³/mol. The van der Waals surface area contributed by atoms with Crippen LogP contribution in [0.1, 0.15) is 5.56 Å². The molecule has 0 aliphatic carbocycles. The number of fused-ring (bicyclic) bond motifs is 1. The Morgan fingerprint density at radius 1 is 1.00 bits per heavy atom. The summed E-state index contributed by atoms with van der Waals surface area (Å²) in [5.74, 6) is -0.000961. The van der Waals surface area contributed by atoms with Crippen LogP contribution in [-0.2, 0) is 0 Å². The van der Waals surface area contributed by atoms with Gasteiger partial charge in [-0.2, -0.15) is 0 Å². The molecule has 0 bridgehead atoms. The van der Waals surface area contributed by atoms with E-state index < -0.39 is 0 Å². The van der Waals surface area contributed by atoms with E-state index in [1.54, 1.807) is 18.3 Å². The van der Waals surface area contributed by atoms with E-state index in [9.17, 15) is 0 Å². The second kappa shape index (κ2) is 5.26. The van der Waals surface area contributed by atoms with Crippen LogP contribution in [0.2, 0.25) is 0 Å². The minimum atomic E-state index is -0.000961. The van der Waals surface area contributed by atoms with Crippen molar-refractivity contribution in [2.45, 2.75) is 10.1 Å². The summed E-state index contributed by atoms with van der Waals surface area (Å²) in [6, 6.07) is 11.3. The molecule has 0 aliphatic rings. The molecule has 0 fully saturated rings. The Hall–Kier alpha value is -2.47. The second-order valence-electron chi connectivity index (χ2n) is 4.07. The standard InChI is InChI=1S/C14H11N5S/c15-12(16)10-5-3-7-17-14(10)20-13-9-4-1-2-6-11(9)18-8-19-13/h1-8H,(H3,15,16). The molecule has 0 saturated heterocycles. The van der Waals surface area contributed by atoms with Gasteiger partial charge >= 0.3 is 0 Å². The number of nitrogens with one attached hydrogen (secondary N) is 1. The van der Waals surface area contributed by atoms with Crippen molar-refractivity contribution < 1.29 is 0 Å². The molecule has 0 aliphatic heterocycles. The largest absolute Gasteiger partial charge is 0.384 e. The number of aromatic nitrogens is 3. The lowest BCUT2D eigenvalue weighted by Gasteiger charge is -2.07. The summed E-state index contributed by atoms with van der Waals surface area (Å²) in [6.45, 7) is 0. The average molecular weight is 281 g/mol. The fraction of sp³-hybridized carbons (Fsp3) is 0. The Balaban J connectivity index is 2.08. The lowest BCUT2D eigenvalue weighted by molar-refractivity contribution is 1.07. The molecule has 98 valence electrons. The number of pyridine rings is 1. The van der Waals surface area contributed by atoms with Gasteiger partial charge in [-0.1, -0.05) is 18.2 Å². The number of para-hydroxylation sites is 1. The summed E-state index contributed by atoms with van der Waals surface area (Å²) >= 11 is 1.39. The number of hydrogen-bond donors (Lipinski definition) is 2. The Morgan fingerprint density at radius 2 is 1.85 bits per heavy atom. The van der Waals surface area contributed by atoms with E-state index >= 15 is 0 Å². The Bertz CT molecular complexity index is 782. The third-order valence-electron chi connectivity index (χ3n) is 2.76. The van der Waals surface area contributed by atoms with E-state index in [4.69, 9.17) is 11.1 Å². The van der Waals surface area contributed by atoms with Crippen molar-refractivity contribution in [3.63, 3.8) is 0 Å². The number of nitrogens with zero attached hydrogens (tertiary/aromatic N) is 3. The summed E-state index contributed by atoms with van der Waals surface area (Å²) < 4.78 is 0. The van der Waals surface area contributed by atoms with E-state index in [2.05, 4.69) is 15.0 Å².